The molecule has 2 aromatic carbocycles. The highest BCUT2D eigenvalue weighted by Crippen LogP contribution is 2.23. The van der Waals surface area contributed by atoms with Crippen LogP contribution in [0.5, 0.6) is 0 Å². The van der Waals surface area contributed by atoms with E-state index in [1.54, 1.807) is 18.3 Å². The van der Waals surface area contributed by atoms with Gasteiger partial charge in [0.25, 0.3) is 5.91 Å². The molecule has 8 nitrogen and oxygen atoms in total. The largest absolute Gasteiger partial charge is 0.384 e. The fraction of sp³-hybridized carbons (Fsp3) is 0.290. The average Bonchev–Trinajstić information content (AvgIpc) is 3.56. The van der Waals surface area contributed by atoms with Gasteiger partial charge in [0.1, 0.15) is 5.82 Å². The van der Waals surface area contributed by atoms with Crippen LogP contribution in [0.3, 0.4) is 0 Å². The van der Waals surface area contributed by atoms with Crippen LogP contribution in [-0.4, -0.2) is 44.3 Å². The Balaban J connectivity index is 1.24. The molecule has 1 aliphatic rings. The molecule has 2 aromatic heterocycles. The number of para-hydroxylation sites is 1. The number of amides is 2. The predicted octanol–water partition coefficient (Wildman–Crippen LogP) is 5.49. The molecule has 0 atom stereocenters. The maximum absolute atomic E-state index is 13.3. The number of anilines is 2. The second-order valence-corrected chi connectivity index (χ2v) is 9.92. The Morgan fingerprint density at radius 3 is 2.56 bits per heavy atom. The summed E-state index contributed by atoms with van der Waals surface area (Å²) in [5.74, 6) is 1.01. The second kappa shape index (κ2) is 12.4. The van der Waals surface area contributed by atoms with Crippen LogP contribution < -0.4 is 11.1 Å². The van der Waals surface area contributed by atoms with Gasteiger partial charge in [-0.3, -0.25) is 19.5 Å². The smallest absolute Gasteiger partial charge is 0.258 e. The molecule has 4 aromatic rings. The summed E-state index contributed by atoms with van der Waals surface area (Å²) >= 11 is 0. The first-order valence-electron chi connectivity index (χ1n) is 13.6. The van der Waals surface area contributed by atoms with E-state index >= 15 is 0 Å². The molecule has 3 N–H and O–H groups in total. The molecule has 0 radical (unpaired) electrons. The maximum Gasteiger partial charge on any atom is 0.258 e. The number of nitrogens with zero attached hydrogens (tertiary/aromatic N) is 4. The first kappa shape index (κ1) is 26.2. The van der Waals surface area contributed by atoms with Crippen molar-refractivity contribution >= 4 is 23.6 Å². The SMILES string of the molecule is Nc1ccc(-c2cccc(C(=O)Nc3nc(CCCCCCN4CCCC4=O)cn3-c3ccccc3)c2)cn1. The Labute approximate surface area is 228 Å². The van der Waals surface area contributed by atoms with Crippen LogP contribution in [0.25, 0.3) is 16.8 Å². The highest BCUT2D eigenvalue weighted by atomic mass is 16.2. The van der Waals surface area contributed by atoms with E-state index in [2.05, 4.69) is 10.3 Å². The van der Waals surface area contributed by atoms with Crippen LogP contribution >= 0.6 is 0 Å². The molecular weight excluding hydrogens is 488 g/mol. The van der Waals surface area contributed by atoms with Crippen molar-refractivity contribution in [1.29, 1.82) is 0 Å². The summed E-state index contributed by atoms with van der Waals surface area (Å²) in [5.41, 5.74) is 9.89. The van der Waals surface area contributed by atoms with Crippen molar-refractivity contribution in [1.82, 2.24) is 19.4 Å². The summed E-state index contributed by atoms with van der Waals surface area (Å²) in [4.78, 5) is 36.0. The highest BCUT2D eigenvalue weighted by Gasteiger charge is 2.19. The van der Waals surface area contributed by atoms with Crippen LogP contribution in [0.15, 0.2) is 79.1 Å². The van der Waals surface area contributed by atoms with Crippen LogP contribution in [-0.2, 0) is 11.2 Å². The van der Waals surface area contributed by atoms with Gasteiger partial charge in [-0.2, -0.15) is 0 Å². The van der Waals surface area contributed by atoms with Gasteiger partial charge < -0.3 is 10.6 Å². The zero-order chi connectivity index (χ0) is 27.0. The molecule has 2 amide bonds. The van der Waals surface area contributed by atoms with E-state index in [0.717, 1.165) is 74.1 Å². The van der Waals surface area contributed by atoms with Crippen molar-refractivity contribution in [2.75, 3.05) is 24.1 Å². The first-order chi connectivity index (χ1) is 19.1. The van der Waals surface area contributed by atoms with Gasteiger partial charge in [0.15, 0.2) is 0 Å². The Bertz CT molecular complexity index is 1410. The van der Waals surface area contributed by atoms with E-state index in [0.29, 0.717) is 29.7 Å². The molecule has 1 fully saturated rings. The fourth-order valence-corrected chi connectivity index (χ4v) is 4.92. The zero-order valence-electron chi connectivity index (χ0n) is 22.1. The quantitative estimate of drug-likeness (QED) is 0.253. The number of hydrogen-bond donors (Lipinski definition) is 2. The van der Waals surface area contributed by atoms with Crippen LogP contribution in [0.2, 0.25) is 0 Å². The van der Waals surface area contributed by atoms with Crippen LogP contribution in [0.4, 0.5) is 11.8 Å². The predicted molar refractivity (Wildman–Crippen MR) is 154 cm³/mol. The minimum atomic E-state index is -0.231. The van der Waals surface area contributed by atoms with Crippen molar-refractivity contribution in [2.45, 2.75) is 44.9 Å². The summed E-state index contributed by atoms with van der Waals surface area (Å²) in [6.45, 7) is 1.78. The van der Waals surface area contributed by atoms with Crippen molar-refractivity contribution < 1.29 is 9.59 Å². The summed E-state index contributed by atoms with van der Waals surface area (Å²) in [6.07, 6.45) is 10.4. The minimum absolute atomic E-state index is 0.231. The molecule has 0 unspecified atom stereocenters. The highest BCUT2D eigenvalue weighted by molar-refractivity contribution is 6.04. The van der Waals surface area contributed by atoms with Crippen molar-refractivity contribution in [3.8, 4) is 16.8 Å². The third-order valence-electron chi connectivity index (χ3n) is 7.04. The van der Waals surface area contributed by atoms with E-state index in [9.17, 15) is 9.59 Å². The number of benzene rings is 2. The van der Waals surface area contributed by atoms with Gasteiger partial charge >= 0.3 is 0 Å². The van der Waals surface area contributed by atoms with Gasteiger partial charge in [0.05, 0.1) is 5.69 Å². The number of rotatable bonds is 11. The van der Waals surface area contributed by atoms with Crippen LogP contribution in [0, 0.1) is 0 Å². The molecule has 8 heteroatoms. The minimum Gasteiger partial charge on any atom is -0.384 e. The van der Waals surface area contributed by atoms with Crippen LogP contribution in [0.1, 0.15) is 54.6 Å². The van der Waals surface area contributed by atoms with E-state index in [4.69, 9.17) is 10.7 Å². The van der Waals surface area contributed by atoms with E-state index < -0.39 is 0 Å². The summed E-state index contributed by atoms with van der Waals surface area (Å²) in [6, 6.07) is 21.0. The van der Waals surface area contributed by atoms with Crippen molar-refractivity contribution in [3.63, 3.8) is 0 Å². The topological polar surface area (TPSA) is 106 Å². The third kappa shape index (κ3) is 6.71. The number of nitrogens with two attached hydrogens (primary N) is 1. The van der Waals surface area contributed by atoms with E-state index in [1.165, 1.54) is 0 Å². The number of aromatic nitrogens is 3. The summed E-state index contributed by atoms with van der Waals surface area (Å²) in [7, 11) is 0. The number of hydrogen-bond acceptors (Lipinski definition) is 5. The second-order valence-electron chi connectivity index (χ2n) is 9.92. The van der Waals surface area contributed by atoms with Gasteiger partial charge in [0.2, 0.25) is 11.9 Å². The number of pyridine rings is 1. The number of likely N-dealkylation sites (tertiary alicyclic amines) is 1. The third-order valence-corrected chi connectivity index (χ3v) is 7.04. The molecule has 3 heterocycles. The average molecular weight is 523 g/mol. The summed E-state index contributed by atoms with van der Waals surface area (Å²) in [5, 5.41) is 3.02. The van der Waals surface area contributed by atoms with Gasteiger partial charge in [-0.05, 0) is 67.6 Å². The number of carbonyl (C=O) groups is 2. The molecule has 0 bridgehead atoms. The Morgan fingerprint density at radius 2 is 1.79 bits per heavy atom. The van der Waals surface area contributed by atoms with Gasteiger partial charge in [0, 0.05) is 48.7 Å². The molecule has 0 saturated carbocycles. The molecule has 0 spiro atoms. The number of aryl methyl sites for hydroxylation is 1. The lowest BCUT2D eigenvalue weighted by atomic mass is 10.0. The lowest BCUT2D eigenvalue weighted by Crippen LogP contribution is -2.25. The van der Waals surface area contributed by atoms with Gasteiger partial charge in [-0.1, -0.05) is 43.2 Å². The molecule has 200 valence electrons. The lowest BCUT2D eigenvalue weighted by Gasteiger charge is -2.14. The number of carbonyl (C=O) groups excluding carboxylic acids is 2. The monoisotopic (exact) mass is 522 g/mol. The Kier molecular flexibility index (Phi) is 8.31. The Morgan fingerprint density at radius 1 is 0.949 bits per heavy atom. The molecule has 1 saturated heterocycles. The number of imidazole rings is 1. The number of unbranched alkanes of at least 4 members (excludes halogenated alkanes) is 3. The number of nitrogen functional groups attached to an aromatic ring is 1. The fourth-order valence-electron chi connectivity index (χ4n) is 4.92. The normalized spacial score (nSPS) is 13.1. The van der Waals surface area contributed by atoms with Gasteiger partial charge in [-0.25, -0.2) is 9.97 Å². The number of nitrogens with one attached hydrogen (secondary N) is 1. The van der Waals surface area contributed by atoms with Gasteiger partial charge in [-0.15, -0.1) is 0 Å². The molecule has 0 aliphatic carbocycles. The van der Waals surface area contributed by atoms with Crippen molar-refractivity contribution in [2.24, 2.45) is 0 Å². The standard InChI is InChI=1S/C31H34N6O2/c32-28-17-16-25(21-33-28)23-10-8-11-24(20-23)30(39)35-31-34-26(22-37(31)27-13-5-3-6-14-27)12-4-1-2-7-18-36-19-9-15-29(36)38/h3,5-6,8,10-11,13-14,16-17,20-22H,1-2,4,7,9,12,15,18-19H2,(H2,32,33)(H,34,35,39). The molecular formula is C31H34N6O2. The Hall–Kier alpha value is -4.46. The van der Waals surface area contributed by atoms with E-state index in [-0.39, 0.29) is 5.91 Å². The maximum atomic E-state index is 13.3. The zero-order valence-corrected chi connectivity index (χ0v) is 22.1. The molecule has 5 rings (SSSR count). The van der Waals surface area contributed by atoms with E-state index in [1.807, 2.05) is 70.3 Å². The lowest BCUT2D eigenvalue weighted by molar-refractivity contribution is -0.127. The first-order valence-corrected chi connectivity index (χ1v) is 13.6. The summed E-state index contributed by atoms with van der Waals surface area (Å²) < 4.78 is 1.93. The molecule has 1 aliphatic heterocycles. The molecule has 39 heavy (non-hydrogen) atoms. The van der Waals surface area contributed by atoms with Crippen molar-refractivity contribution in [3.05, 3.63) is 90.4 Å².